The summed E-state index contributed by atoms with van der Waals surface area (Å²) in [6.07, 6.45) is 9.51. The van der Waals surface area contributed by atoms with E-state index in [1.165, 1.54) is 44.2 Å². The molecule has 0 aliphatic rings. The molecule has 1 rings (SSSR count). The average molecular weight is 341 g/mol. The first-order valence-corrected chi connectivity index (χ1v) is 8.85. The van der Waals surface area contributed by atoms with Gasteiger partial charge in [-0.2, -0.15) is 0 Å². The molecule has 0 radical (unpaired) electrons. The molecule has 0 aliphatic heterocycles. The monoisotopic (exact) mass is 340 g/mol. The molecule has 0 aliphatic carbocycles. The van der Waals surface area contributed by atoms with Crippen LogP contribution in [-0.2, 0) is 0 Å². The van der Waals surface area contributed by atoms with Crippen LogP contribution in [0.2, 0.25) is 0 Å². The van der Waals surface area contributed by atoms with Crippen LogP contribution in [0.4, 0.5) is 0 Å². The quantitative estimate of drug-likeness (QED) is 0.608. The van der Waals surface area contributed by atoms with Crippen molar-refractivity contribution in [3.8, 4) is 0 Å². The molecule has 1 heterocycles. The highest BCUT2D eigenvalue weighted by molar-refractivity contribution is 9.10. The molecule has 1 aromatic heterocycles. The molecule has 0 amide bonds. The van der Waals surface area contributed by atoms with E-state index < -0.39 is 0 Å². The Labute approximate surface area is 132 Å². The third-order valence-electron chi connectivity index (χ3n) is 3.86. The van der Waals surface area contributed by atoms with Gasteiger partial charge in [0, 0.05) is 16.7 Å². The lowest BCUT2D eigenvalue weighted by atomic mass is 9.90. The lowest BCUT2D eigenvalue weighted by Gasteiger charge is -2.23. The summed E-state index contributed by atoms with van der Waals surface area (Å²) in [6.45, 7) is 7.86. The Bertz CT molecular complexity index is 351. The van der Waals surface area contributed by atoms with E-state index in [1.54, 1.807) is 0 Å². The Hall–Kier alpha value is -0.410. The van der Waals surface area contributed by atoms with Crippen molar-refractivity contribution in [2.75, 3.05) is 6.54 Å². The van der Waals surface area contributed by atoms with Gasteiger partial charge in [0.2, 0.25) is 0 Å². The first-order valence-electron chi connectivity index (χ1n) is 8.06. The topological polar surface area (TPSA) is 24.9 Å². The molecule has 20 heavy (non-hydrogen) atoms. The lowest BCUT2D eigenvalue weighted by molar-refractivity contribution is 0.350. The van der Waals surface area contributed by atoms with E-state index in [0.717, 1.165) is 16.9 Å². The van der Waals surface area contributed by atoms with Crippen molar-refractivity contribution in [3.63, 3.8) is 0 Å². The number of rotatable bonds is 10. The van der Waals surface area contributed by atoms with Gasteiger partial charge in [0.05, 0.1) is 5.69 Å². The molecule has 0 saturated carbocycles. The van der Waals surface area contributed by atoms with Crippen molar-refractivity contribution >= 4 is 15.9 Å². The fourth-order valence-electron chi connectivity index (χ4n) is 2.54. The maximum Gasteiger partial charge on any atom is 0.0574 e. The highest BCUT2D eigenvalue weighted by Crippen LogP contribution is 2.26. The number of aromatic nitrogens is 1. The van der Waals surface area contributed by atoms with Crippen LogP contribution in [0.25, 0.3) is 0 Å². The van der Waals surface area contributed by atoms with Gasteiger partial charge in [-0.05, 0) is 53.4 Å². The van der Waals surface area contributed by atoms with Crippen LogP contribution in [0.1, 0.15) is 71.0 Å². The zero-order valence-electron chi connectivity index (χ0n) is 13.2. The first kappa shape index (κ1) is 17.6. The van der Waals surface area contributed by atoms with Crippen molar-refractivity contribution < 1.29 is 0 Å². The summed E-state index contributed by atoms with van der Waals surface area (Å²) in [4.78, 5) is 4.59. The van der Waals surface area contributed by atoms with Crippen LogP contribution in [0.5, 0.6) is 0 Å². The molecule has 114 valence electrons. The van der Waals surface area contributed by atoms with Crippen molar-refractivity contribution in [3.05, 3.63) is 28.5 Å². The van der Waals surface area contributed by atoms with Crippen LogP contribution in [0, 0.1) is 5.92 Å². The van der Waals surface area contributed by atoms with Crippen LogP contribution in [-0.4, -0.2) is 11.5 Å². The van der Waals surface area contributed by atoms with Gasteiger partial charge in [-0.25, -0.2) is 0 Å². The van der Waals surface area contributed by atoms with Gasteiger partial charge in [-0.3, -0.25) is 4.98 Å². The minimum absolute atomic E-state index is 0.393. The largest absolute Gasteiger partial charge is 0.309 e. The van der Waals surface area contributed by atoms with Crippen LogP contribution in [0.15, 0.2) is 22.8 Å². The second-order valence-corrected chi connectivity index (χ2v) is 6.48. The predicted molar refractivity (Wildman–Crippen MR) is 90.9 cm³/mol. The summed E-state index contributed by atoms with van der Waals surface area (Å²) in [5, 5.41) is 3.67. The summed E-state index contributed by atoms with van der Waals surface area (Å²) in [5.74, 6) is 0.801. The molecule has 2 unspecified atom stereocenters. The second-order valence-electron chi connectivity index (χ2n) is 5.56. The maximum absolute atomic E-state index is 4.59. The number of nitrogens with one attached hydrogen (secondary N) is 1. The van der Waals surface area contributed by atoms with Gasteiger partial charge < -0.3 is 5.32 Å². The normalized spacial score (nSPS) is 14.2. The molecular weight excluding hydrogens is 312 g/mol. The van der Waals surface area contributed by atoms with Gasteiger partial charge >= 0.3 is 0 Å². The predicted octanol–water partition coefficient (Wildman–Crippen LogP) is 5.49. The van der Waals surface area contributed by atoms with Gasteiger partial charge in [0.25, 0.3) is 0 Å². The van der Waals surface area contributed by atoms with Gasteiger partial charge in [0.15, 0.2) is 0 Å². The lowest BCUT2D eigenvalue weighted by Crippen LogP contribution is -2.25. The van der Waals surface area contributed by atoms with Crippen LogP contribution in [0.3, 0.4) is 0 Å². The highest BCUT2D eigenvalue weighted by atomic mass is 79.9. The van der Waals surface area contributed by atoms with E-state index in [2.05, 4.69) is 59.1 Å². The summed E-state index contributed by atoms with van der Waals surface area (Å²) in [5.41, 5.74) is 1.18. The molecule has 0 saturated heterocycles. The van der Waals surface area contributed by atoms with Crippen LogP contribution >= 0.6 is 15.9 Å². The molecule has 2 atom stereocenters. The van der Waals surface area contributed by atoms with Gasteiger partial charge in [-0.15, -0.1) is 0 Å². The van der Waals surface area contributed by atoms with E-state index in [4.69, 9.17) is 0 Å². The number of unbranched alkanes of at least 4 members (excludes halogenated alkanes) is 1. The minimum atomic E-state index is 0.393. The molecule has 3 heteroatoms. The minimum Gasteiger partial charge on any atom is -0.309 e. The number of halogens is 1. The molecule has 0 spiro atoms. The van der Waals surface area contributed by atoms with Crippen molar-refractivity contribution in [2.24, 2.45) is 5.92 Å². The fourth-order valence-corrected chi connectivity index (χ4v) is 2.77. The number of pyridine rings is 1. The second kappa shape index (κ2) is 10.3. The van der Waals surface area contributed by atoms with E-state index in [9.17, 15) is 0 Å². The maximum atomic E-state index is 4.59. The summed E-state index contributed by atoms with van der Waals surface area (Å²) in [7, 11) is 0. The fraction of sp³-hybridized carbons (Fsp3) is 0.706. The van der Waals surface area contributed by atoms with Crippen molar-refractivity contribution in [2.45, 2.75) is 65.3 Å². The third kappa shape index (κ3) is 6.36. The number of nitrogens with zero attached hydrogens (tertiary/aromatic N) is 1. The van der Waals surface area contributed by atoms with E-state index in [-0.39, 0.29) is 0 Å². The molecule has 1 N–H and O–H groups in total. The molecule has 0 fully saturated rings. The Morgan fingerprint density at radius 1 is 1.20 bits per heavy atom. The standard InChI is InChI=1S/C17H29BrN2/c1-4-7-8-14(6-3)12-17(19-11-5-2)16-10-9-15(18)13-20-16/h9-10,13-14,17,19H,4-8,11-12H2,1-3H3. The highest BCUT2D eigenvalue weighted by Gasteiger charge is 2.17. The zero-order valence-corrected chi connectivity index (χ0v) is 14.7. The number of hydrogen-bond acceptors (Lipinski definition) is 2. The van der Waals surface area contributed by atoms with E-state index in [1.807, 2.05) is 6.20 Å². The van der Waals surface area contributed by atoms with E-state index >= 15 is 0 Å². The smallest absolute Gasteiger partial charge is 0.0574 e. The first-order chi connectivity index (χ1) is 9.71. The van der Waals surface area contributed by atoms with Crippen molar-refractivity contribution in [1.82, 2.24) is 10.3 Å². The molecule has 0 aromatic carbocycles. The molecule has 2 nitrogen and oxygen atoms in total. The van der Waals surface area contributed by atoms with E-state index in [0.29, 0.717) is 6.04 Å². The SMILES string of the molecule is CCCCC(CC)CC(NCCC)c1ccc(Br)cn1. The Kier molecular flexibility index (Phi) is 9.12. The Balaban J connectivity index is 2.69. The molecule has 0 bridgehead atoms. The summed E-state index contributed by atoms with van der Waals surface area (Å²) >= 11 is 3.46. The summed E-state index contributed by atoms with van der Waals surface area (Å²) in [6, 6.07) is 4.63. The summed E-state index contributed by atoms with van der Waals surface area (Å²) < 4.78 is 1.05. The average Bonchev–Trinajstić information content (AvgIpc) is 2.48. The molecular formula is C17H29BrN2. The zero-order chi connectivity index (χ0) is 14.8. The Morgan fingerprint density at radius 2 is 2.00 bits per heavy atom. The molecule has 1 aromatic rings. The number of hydrogen-bond donors (Lipinski definition) is 1. The Morgan fingerprint density at radius 3 is 2.55 bits per heavy atom. The van der Waals surface area contributed by atoms with Crippen molar-refractivity contribution in [1.29, 1.82) is 0 Å². The third-order valence-corrected chi connectivity index (χ3v) is 4.33. The van der Waals surface area contributed by atoms with Gasteiger partial charge in [-0.1, -0.05) is 46.5 Å². The van der Waals surface area contributed by atoms with Crippen LogP contribution < -0.4 is 5.32 Å². The van der Waals surface area contributed by atoms with Gasteiger partial charge in [0.1, 0.15) is 0 Å².